The van der Waals surface area contributed by atoms with Gasteiger partial charge in [0.25, 0.3) is 0 Å². The van der Waals surface area contributed by atoms with Crippen molar-refractivity contribution in [3.8, 4) is 0 Å². The molecule has 0 saturated carbocycles. The van der Waals surface area contributed by atoms with Crippen LogP contribution >= 0.6 is 22.6 Å². The third kappa shape index (κ3) is 7.10. The van der Waals surface area contributed by atoms with Crippen LogP contribution < -0.4 is 0 Å². The smallest absolute Gasteiger partial charge is 0.00814 e. The van der Waals surface area contributed by atoms with Crippen LogP contribution in [0.15, 0.2) is 0 Å². The summed E-state index contributed by atoms with van der Waals surface area (Å²) >= 11 is 2.52. The molecule has 2 atom stereocenters. The SMILES string of the molecule is CCCC(CC)CC[C@@H](C)I. The van der Waals surface area contributed by atoms with Gasteiger partial charge in [-0.15, -0.1) is 0 Å². The van der Waals surface area contributed by atoms with E-state index in [1.165, 1.54) is 32.1 Å². The molecule has 0 aliphatic rings. The summed E-state index contributed by atoms with van der Waals surface area (Å²) in [6.45, 7) is 6.91. The highest BCUT2D eigenvalue weighted by Crippen LogP contribution is 2.20. The number of rotatable bonds is 6. The minimum Gasteiger partial charge on any atom is -0.0829 e. The van der Waals surface area contributed by atoms with Crippen LogP contribution in [0.4, 0.5) is 0 Å². The predicted octanol–water partition coefficient (Wildman–Crippen LogP) is 4.42. The normalized spacial score (nSPS) is 16.4. The second-order valence-corrected chi connectivity index (χ2v) is 5.55. The second-order valence-electron chi connectivity index (χ2n) is 3.42. The molecule has 0 radical (unpaired) electrons. The topological polar surface area (TPSA) is 0 Å². The Labute approximate surface area is 85.3 Å². The lowest BCUT2D eigenvalue weighted by atomic mass is 9.95. The molecule has 0 rings (SSSR count). The minimum absolute atomic E-state index is 0.860. The van der Waals surface area contributed by atoms with E-state index >= 15 is 0 Å². The zero-order valence-corrected chi connectivity index (χ0v) is 10.2. The Morgan fingerprint density at radius 2 is 1.73 bits per heavy atom. The Bertz CT molecular complexity index is 78.9. The molecule has 11 heavy (non-hydrogen) atoms. The average molecular weight is 268 g/mol. The molecule has 0 heterocycles. The van der Waals surface area contributed by atoms with E-state index < -0.39 is 0 Å². The Morgan fingerprint density at radius 3 is 2.09 bits per heavy atom. The van der Waals surface area contributed by atoms with Gasteiger partial charge in [-0.3, -0.25) is 0 Å². The standard InChI is InChI=1S/C10H21I/c1-4-6-10(5-2)8-7-9(3)11/h9-10H,4-8H2,1-3H3/t9-,10?/m1/s1. The number of halogens is 1. The highest BCUT2D eigenvalue weighted by atomic mass is 127. The van der Waals surface area contributed by atoms with Gasteiger partial charge in [0.1, 0.15) is 0 Å². The molecule has 1 heteroatoms. The largest absolute Gasteiger partial charge is 0.0829 e. The first-order valence-electron chi connectivity index (χ1n) is 4.84. The van der Waals surface area contributed by atoms with E-state index in [0.29, 0.717) is 0 Å². The number of hydrogen-bond acceptors (Lipinski definition) is 0. The van der Waals surface area contributed by atoms with Gasteiger partial charge in [0.05, 0.1) is 0 Å². The Kier molecular flexibility index (Phi) is 7.87. The zero-order chi connectivity index (χ0) is 8.69. The summed E-state index contributed by atoms with van der Waals surface area (Å²) in [6, 6.07) is 0. The fourth-order valence-corrected chi connectivity index (χ4v) is 1.79. The second kappa shape index (κ2) is 7.38. The van der Waals surface area contributed by atoms with E-state index in [2.05, 4.69) is 43.4 Å². The number of alkyl halides is 1. The van der Waals surface area contributed by atoms with Crippen LogP contribution in [0.2, 0.25) is 0 Å². The van der Waals surface area contributed by atoms with Crippen LogP contribution in [-0.4, -0.2) is 3.92 Å². The van der Waals surface area contributed by atoms with Crippen LogP contribution in [-0.2, 0) is 0 Å². The molecule has 68 valence electrons. The van der Waals surface area contributed by atoms with Crippen LogP contribution in [0, 0.1) is 5.92 Å². The van der Waals surface area contributed by atoms with Gasteiger partial charge >= 0.3 is 0 Å². The van der Waals surface area contributed by atoms with Crippen molar-refractivity contribution >= 4 is 22.6 Å². The molecule has 0 saturated heterocycles. The molecule has 0 aromatic carbocycles. The lowest BCUT2D eigenvalue weighted by molar-refractivity contribution is 0.421. The van der Waals surface area contributed by atoms with Crippen molar-refractivity contribution in [2.45, 2.75) is 56.8 Å². The Balaban J connectivity index is 3.35. The summed E-state index contributed by atoms with van der Waals surface area (Å²) in [5, 5.41) is 0. The van der Waals surface area contributed by atoms with E-state index in [9.17, 15) is 0 Å². The highest BCUT2D eigenvalue weighted by Gasteiger charge is 2.05. The first kappa shape index (κ1) is 11.7. The summed E-state index contributed by atoms with van der Waals surface area (Å²) in [5.74, 6) is 0.997. The number of hydrogen-bond donors (Lipinski definition) is 0. The molecule has 0 N–H and O–H groups in total. The molecule has 0 bridgehead atoms. The first-order valence-corrected chi connectivity index (χ1v) is 6.09. The van der Waals surface area contributed by atoms with Crippen molar-refractivity contribution in [2.24, 2.45) is 5.92 Å². The van der Waals surface area contributed by atoms with Gasteiger partial charge < -0.3 is 0 Å². The molecule has 0 aliphatic carbocycles. The van der Waals surface area contributed by atoms with E-state index in [0.717, 1.165) is 9.84 Å². The molecular formula is C10H21I. The summed E-state index contributed by atoms with van der Waals surface area (Å²) in [4.78, 5) is 0. The van der Waals surface area contributed by atoms with Gasteiger partial charge in [-0.1, -0.05) is 62.6 Å². The van der Waals surface area contributed by atoms with E-state index in [4.69, 9.17) is 0 Å². The van der Waals surface area contributed by atoms with Gasteiger partial charge in [0, 0.05) is 3.92 Å². The van der Waals surface area contributed by atoms with Gasteiger partial charge in [0.15, 0.2) is 0 Å². The van der Waals surface area contributed by atoms with Crippen molar-refractivity contribution in [2.75, 3.05) is 0 Å². The summed E-state index contributed by atoms with van der Waals surface area (Å²) in [7, 11) is 0. The van der Waals surface area contributed by atoms with Crippen molar-refractivity contribution in [3.05, 3.63) is 0 Å². The zero-order valence-electron chi connectivity index (χ0n) is 8.07. The van der Waals surface area contributed by atoms with Gasteiger partial charge in [-0.25, -0.2) is 0 Å². The van der Waals surface area contributed by atoms with Crippen LogP contribution in [0.25, 0.3) is 0 Å². The summed E-state index contributed by atoms with van der Waals surface area (Å²) in [5.41, 5.74) is 0. The van der Waals surface area contributed by atoms with Crippen LogP contribution in [0.3, 0.4) is 0 Å². The first-order chi connectivity index (χ1) is 5.20. The Morgan fingerprint density at radius 1 is 1.09 bits per heavy atom. The van der Waals surface area contributed by atoms with Gasteiger partial charge in [-0.05, 0) is 18.8 Å². The molecular weight excluding hydrogens is 247 g/mol. The average Bonchev–Trinajstić information content (AvgIpc) is 1.97. The van der Waals surface area contributed by atoms with E-state index in [1.807, 2.05) is 0 Å². The molecule has 1 unspecified atom stereocenters. The maximum absolute atomic E-state index is 2.52. The molecule has 0 amide bonds. The fourth-order valence-electron chi connectivity index (χ4n) is 1.43. The van der Waals surface area contributed by atoms with E-state index in [-0.39, 0.29) is 0 Å². The van der Waals surface area contributed by atoms with Crippen molar-refractivity contribution in [3.63, 3.8) is 0 Å². The molecule has 0 nitrogen and oxygen atoms in total. The van der Waals surface area contributed by atoms with Gasteiger partial charge in [0.2, 0.25) is 0 Å². The third-order valence-corrected chi connectivity index (χ3v) is 2.87. The quantitative estimate of drug-likeness (QED) is 0.494. The lowest BCUT2D eigenvalue weighted by Crippen LogP contribution is -2.01. The molecule has 0 spiro atoms. The molecule has 0 aromatic heterocycles. The third-order valence-electron chi connectivity index (χ3n) is 2.25. The molecule has 0 aromatic rings. The Hall–Kier alpha value is 0.730. The van der Waals surface area contributed by atoms with Crippen LogP contribution in [0.1, 0.15) is 52.9 Å². The van der Waals surface area contributed by atoms with Crippen LogP contribution in [0.5, 0.6) is 0 Å². The van der Waals surface area contributed by atoms with Gasteiger partial charge in [-0.2, -0.15) is 0 Å². The maximum Gasteiger partial charge on any atom is 0.00814 e. The van der Waals surface area contributed by atoms with Crippen molar-refractivity contribution in [1.29, 1.82) is 0 Å². The molecule has 0 aliphatic heterocycles. The monoisotopic (exact) mass is 268 g/mol. The summed E-state index contributed by atoms with van der Waals surface area (Å²) < 4.78 is 0.860. The highest BCUT2D eigenvalue weighted by molar-refractivity contribution is 14.1. The van der Waals surface area contributed by atoms with E-state index in [1.54, 1.807) is 0 Å². The minimum atomic E-state index is 0.860. The lowest BCUT2D eigenvalue weighted by Gasteiger charge is -2.13. The van der Waals surface area contributed by atoms with Crippen molar-refractivity contribution < 1.29 is 0 Å². The summed E-state index contributed by atoms with van der Waals surface area (Å²) in [6.07, 6.45) is 7.00. The molecule has 0 fully saturated rings. The fraction of sp³-hybridized carbons (Fsp3) is 1.00. The maximum atomic E-state index is 2.52. The van der Waals surface area contributed by atoms with Crippen molar-refractivity contribution in [1.82, 2.24) is 0 Å². The predicted molar refractivity (Wildman–Crippen MR) is 61.4 cm³/mol.